The quantitative estimate of drug-likeness (QED) is 0.760. The number of hydrogen-bond acceptors (Lipinski definition) is 4. The largest absolute Gasteiger partial charge is 0.313 e. The van der Waals surface area contributed by atoms with Crippen molar-refractivity contribution < 1.29 is 8.42 Å². The van der Waals surface area contributed by atoms with Gasteiger partial charge >= 0.3 is 0 Å². The highest BCUT2D eigenvalue weighted by molar-refractivity contribution is 7.89. The lowest BCUT2D eigenvalue weighted by atomic mass is 10.3. The summed E-state index contributed by atoms with van der Waals surface area (Å²) in [6.07, 6.45) is 3.83. The predicted molar refractivity (Wildman–Crippen MR) is 68.5 cm³/mol. The molecule has 1 saturated carbocycles. The first-order chi connectivity index (χ1) is 8.55. The SMILES string of the molecule is CCNCc1cn[nH]c1S(=O)(=O)N(C)CC1CC1. The van der Waals surface area contributed by atoms with Crippen LogP contribution >= 0.6 is 0 Å². The first-order valence-electron chi connectivity index (χ1n) is 6.25. The van der Waals surface area contributed by atoms with Crippen molar-refractivity contribution in [2.45, 2.75) is 31.3 Å². The molecule has 0 aromatic carbocycles. The minimum atomic E-state index is -3.44. The van der Waals surface area contributed by atoms with Crippen molar-refractivity contribution in [2.75, 3.05) is 20.1 Å². The Hall–Kier alpha value is -0.920. The van der Waals surface area contributed by atoms with Crippen LogP contribution in [0.25, 0.3) is 0 Å². The van der Waals surface area contributed by atoms with E-state index in [1.165, 1.54) is 4.31 Å². The fourth-order valence-corrected chi connectivity index (χ4v) is 3.17. The van der Waals surface area contributed by atoms with Crippen LogP contribution < -0.4 is 5.32 Å². The van der Waals surface area contributed by atoms with Gasteiger partial charge in [-0.15, -0.1) is 0 Å². The molecule has 1 heterocycles. The van der Waals surface area contributed by atoms with E-state index in [-0.39, 0.29) is 5.03 Å². The zero-order valence-corrected chi connectivity index (χ0v) is 11.6. The van der Waals surface area contributed by atoms with E-state index in [2.05, 4.69) is 15.5 Å². The molecule has 0 spiro atoms. The first-order valence-corrected chi connectivity index (χ1v) is 7.69. The fourth-order valence-electron chi connectivity index (χ4n) is 1.83. The van der Waals surface area contributed by atoms with Crippen LogP contribution in [0.4, 0.5) is 0 Å². The number of aromatic amines is 1. The molecule has 0 bridgehead atoms. The van der Waals surface area contributed by atoms with Gasteiger partial charge in [-0.1, -0.05) is 6.92 Å². The molecular formula is C11H20N4O2S. The minimum Gasteiger partial charge on any atom is -0.313 e. The number of sulfonamides is 1. The van der Waals surface area contributed by atoms with E-state index in [1.54, 1.807) is 13.2 Å². The van der Waals surface area contributed by atoms with Gasteiger partial charge in [-0.2, -0.15) is 9.40 Å². The third-order valence-electron chi connectivity index (χ3n) is 3.12. The smallest absolute Gasteiger partial charge is 0.260 e. The van der Waals surface area contributed by atoms with Gasteiger partial charge in [-0.05, 0) is 25.3 Å². The molecule has 0 atom stereocenters. The zero-order valence-electron chi connectivity index (χ0n) is 10.8. The van der Waals surface area contributed by atoms with Gasteiger partial charge in [0.05, 0.1) is 6.20 Å². The van der Waals surface area contributed by atoms with Crippen LogP contribution in [-0.4, -0.2) is 43.1 Å². The summed E-state index contributed by atoms with van der Waals surface area (Å²) in [5, 5.41) is 9.78. The molecule has 1 aliphatic rings. The third kappa shape index (κ3) is 2.90. The lowest BCUT2D eigenvalue weighted by Gasteiger charge is -2.16. The van der Waals surface area contributed by atoms with Crippen LogP contribution in [-0.2, 0) is 16.6 Å². The average Bonchev–Trinajstić information content (AvgIpc) is 3.01. The monoisotopic (exact) mass is 272 g/mol. The first kappa shape index (κ1) is 13.5. The number of rotatable bonds is 7. The molecule has 0 radical (unpaired) electrons. The second-order valence-electron chi connectivity index (χ2n) is 4.73. The summed E-state index contributed by atoms with van der Waals surface area (Å²) in [5.41, 5.74) is 0.694. The summed E-state index contributed by atoms with van der Waals surface area (Å²) >= 11 is 0. The molecule has 1 fully saturated rings. The van der Waals surface area contributed by atoms with Gasteiger partial charge in [0.1, 0.15) is 0 Å². The van der Waals surface area contributed by atoms with Crippen LogP contribution in [0.2, 0.25) is 0 Å². The summed E-state index contributed by atoms with van der Waals surface area (Å²) in [6, 6.07) is 0. The molecule has 7 heteroatoms. The molecule has 0 amide bonds. The van der Waals surface area contributed by atoms with Crippen molar-refractivity contribution in [1.82, 2.24) is 19.8 Å². The standard InChI is InChI=1S/C11H20N4O2S/c1-3-12-6-10-7-13-14-11(10)18(16,17)15(2)8-9-4-5-9/h7,9,12H,3-6,8H2,1-2H3,(H,13,14). The molecular weight excluding hydrogens is 252 g/mol. The second-order valence-corrected chi connectivity index (χ2v) is 6.72. The Bertz CT molecular complexity index is 493. The van der Waals surface area contributed by atoms with Crippen molar-refractivity contribution >= 4 is 10.0 Å². The van der Waals surface area contributed by atoms with Crippen molar-refractivity contribution in [1.29, 1.82) is 0 Å². The van der Waals surface area contributed by atoms with Crippen LogP contribution in [0.3, 0.4) is 0 Å². The van der Waals surface area contributed by atoms with Crippen molar-refractivity contribution in [3.8, 4) is 0 Å². The molecule has 0 aliphatic heterocycles. The third-order valence-corrected chi connectivity index (χ3v) is 4.96. The highest BCUT2D eigenvalue weighted by atomic mass is 32.2. The van der Waals surface area contributed by atoms with Gasteiger partial charge in [-0.25, -0.2) is 8.42 Å². The van der Waals surface area contributed by atoms with Gasteiger partial charge in [0, 0.05) is 25.7 Å². The molecule has 6 nitrogen and oxygen atoms in total. The van der Waals surface area contributed by atoms with E-state index in [9.17, 15) is 8.42 Å². The number of nitrogens with zero attached hydrogens (tertiary/aromatic N) is 2. The number of aromatic nitrogens is 2. The molecule has 2 N–H and O–H groups in total. The van der Waals surface area contributed by atoms with Crippen LogP contribution in [0.5, 0.6) is 0 Å². The van der Waals surface area contributed by atoms with E-state index in [4.69, 9.17) is 0 Å². The highest BCUT2D eigenvalue weighted by Crippen LogP contribution is 2.31. The van der Waals surface area contributed by atoms with Crippen molar-refractivity contribution in [2.24, 2.45) is 5.92 Å². The van der Waals surface area contributed by atoms with E-state index < -0.39 is 10.0 Å². The maximum atomic E-state index is 12.4. The number of H-pyrrole nitrogens is 1. The Kier molecular flexibility index (Phi) is 4.04. The van der Waals surface area contributed by atoms with Gasteiger partial charge in [0.15, 0.2) is 5.03 Å². The zero-order chi connectivity index (χ0) is 13.2. The number of hydrogen-bond donors (Lipinski definition) is 2. The normalized spacial score (nSPS) is 16.4. The Balaban J connectivity index is 2.14. The average molecular weight is 272 g/mol. The maximum absolute atomic E-state index is 12.4. The Morgan fingerprint density at radius 2 is 2.28 bits per heavy atom. The number of nitrogens with one attached hydrogen (secondary N) is 2. The fraction of sp³-hybridized carbons (Fsp3) is 0.727. The second kappa shape index (κ2) is 5.38. The van der Waals surface area contributed by atoms with Gasteiger partial charge in [0.2, 0.25) is 0 Å². The van der Waals surface area contributed by atoms with E-state index in [0.29, 0.717) is 24.6 Å². The topological polar surface area (TPSA) is 78.1 Å². The van der Waals surface area contributed by atoms with Crippen molar-refractivity contribution in [3.05, 3.63) is 11.8 Å². The Morgan fingerprint density at radius 1 is 1.56 bits per heavy atom. The van der Waals surface area contributed by atoms with Crippen LogP contribution in [0, 0.1) is 5.92 Å². The minimum absolute atomic E-state index is 0.214. The lowest BCUT2D eigenvalue weighted by molar-refractivity contribution is 0.449. The predicted octanol–water partition coefficient (Wildman–Crippen LogP) is 0.550. The van der Waals surface area contributed by atoms with Crippen LogP contribution in [0.1, 0.15) is 25.3 Å². The molecule has 1 aromatic heterocycles. The maximum Gasteiger partial charge on any atom is 0.260 e. The molecule has 18 heavy (non-hydrogen) atoms. The molecule has 1 aliphatic carbocycles. The lowest BCUT2D eigenvalue weighted by Crippen LogP contribution is -2.30. The molecule has 1 aromatic rings. The Labute approximate surface area is 108 Å². The van der Waals surface area contributed by atoms with E-state index in [1.807, 2.05) is 6.92 Å². The summed E-state index contributed by atoms with van der Waals surface area (Å²) < 4.78 is 26.2. The summed E-state index contributed by atoms with van der Waals surface area (Å²) in [5.74, 6) is 0.532. The summed E-state index contributed by atoms with van der Waals surface area (Å²) in [6.45, 7) is 3.89. The summed E-state index contributed by atoms with van der Waals surface area (Å²) in [7, 11) is -1.81. The van der Waals surface area contributed by atoms with E-state index >= 15 is 0 Å². The van der Waals surface area contributed by atoms with Crippen LogP contribution in [0.15, 0.2) is 11.2 Å². The van der Waals surface area contributed by atoms with E-state index in [0.717, 1.165) is 19.4 Å². The van der Waals surface area contributed by atoms with Gasteiger partial charge in [-0.3, -0.25) is 5.10 Å². The van der Waals surface area contributed by atoms with Crippen molar-refractivity contribution in [3.63, 3.8) is 0 Å². The van der Waals surface area contributed by atoms with Gasteiger partial charge < -0.3 is 5.32 Å². The molecule has 0 saturated heterocycles. The molecule has 102 valence electrons. The summed E-state index contributed by atoms with van der Waals surface area (Å²) in [4.78, 5) is 0. The molecule has 0 unspecified atom stereocenters. The van der Waals surface area contributed by atoms with Gasteiger partial charge in [0.25, 0.3) is 10.0 Å². The Morgan fingerprint density at radius 3 is 2.89 bits per heavy atom. The molecule has 2 rings (SSSR count). The highest BCUT2D eigenvalue weighted by Gasteiger charge is 2.31.